The van der Waals surface area contributed by atoms with Gasteiger partial charge in [0.05, 0.1) is 0 Å². The SMILES string of the molecule is CS(=O)(=O)CC(F)(F)[CH]O. The van der Waals surface area contributed by atoms with E-state index in [1.807, 2.05) is 0 Å². The van der Waals surface area contributed by atoms with Crippen LogP contribution in [0.5, 0.6) is 0 Å². The van der Waals surface area contributed by atoms with Crippen LogP contribution in [0.25, 0.3) is 0 Å². The van der Waals surface area contributed by atoms with Crippen molar-refractivity contribution < 1.29 is 22.3 Å². The standard InChI is InChI=1S/C4H7F2O3S/c1-10(8,9)3-4(5,6)2-7/h2,7H,3H2,1H3. The molecule has 0 heterocycles. The van der Waals surface area contributed by atoms with Crippen molar-refractivity contribution in [2.75, 3.05) is 12.0 Å². The lowest BCUT2D eigenvalue weighted by Gasteiger charge is -2.09. The highest BCUT2D eigenvalue weighted by Crippen LogP contribution is 2.16. The van der Waals surface area contributed by atoms with Crippen molar-refractivity contribution in [2.24, 2.45) is 0 Å². The van der Waals surface area contributed by atoms with E-state index in [2.05, 4.69) is 0 Å². The van der Waals surface area contributed by atoms with E-state index in [-0.39, 0.29) is 0 Å². The summed E-state index contributed by atoms with van der Waals surface area (Å²) >= 11 is 0. The molecule has 0 bridgehead atoms. The minimum absolute atomic E-state index is 0.423. The van der Waals surface area contributed by atoms with Gasteiger partial charge in [-0.15, -0.1) is 0 Å². The molecule has 0 saturated carbocycles. The first-order chi connectivity index (χ1) is 4.27. The number of sulfone groups is 1. The summed E-state index contributed by atoms with van der Waals surface area (Å²) in [6.45, 7) is -0.423. The Balaban J connectivity index is 4.16. The Morgan fingerprint density at radius 2 is 2.00 bits per heavy atom. The fourth-order valence-corrected chi connectivity index (χ4v) is 1.16. The minimum atomic E-state index is -3.74. The van der Waals surface area contributed by atoms with Crippen molar-refractivity contribution in [3.05, 3.63) is 6.61 Å². The molecule has 0 saturated heterocycles. The molecule has 61 valence electrons. The quantitative estimate of drug-likeness (QED) is 0.663. The average molecular weight is 173 g/mol. The Hall–Kier alpha value is -0.230. The van der Waals surface area contributed by atoms with Crippen LogP contribution in [0.2, 0.25) is 0 Å². The highest BCUT2D eigenvalue weighted by Gasteiger charge is 2.33. The first-order valence-corrected chi connectivity index (χ1v) is 4.37. The maximum absolute atomic E-state index is 12.0. The summed E-state index contributed by atoms with van der Waals surface area (Å²) < 4.78 is 44.3. The van der Waals surface area contributed by atoms with Crippen LogP contribution in [0.3, 0.4) is 0 Å². The van der Waals surface area contributed by atoms with Gasteiger partial charge in [-0.2, -0.15) is 0 Å². The molecule has 0 unspecified atom stereocenters. The molecule has 1 N–H and O–H groups in total. The molecular formula is C4H7F2O3S. The number of hydrogen-bond donors (Lipinski definition) is 1. The first kappa shape index (κ1) is 9.77. The van der Waals surface area contributed by atoms with E-state index in [9.17, 15) is 17.2 Å². The van der Waals surface area contributed by atoms with Crippen molar-refractivity contribution in [3.63, 3.8) is 0 Å². The highest BCUT2D eigenvalue weighted by molar-refractivity contribution is 7.90. The summed E-state index contributed by atoms with van der Waals surface area (Å²) in [6, 6.07) is 0. The van der Waals surface area contributed by atoms with Crippen molar-refractivity contribution >= 4 is 9.84 Å². The first-order valence-electron chi connectivity index (χ1n) is 2.31. The van der Waals surface area contributed by atoms with Gasteiger partial charge in [0, 0.05) is 6.26 Å². The molecule has 0 aromatic rings. The normalized spacial score (nSPS) is 13.6. The van der Waals surface area contributed by atoms with Crippen LogP contribution in [0.15, 0.2) is 0 Å². The molecule has 0 spiro atoms. The summed E-state index contributed by atoms with van der Waals surface area (Å²) in [6.07, 6.45) is 0.671. The van der Waals surface area contributed by atoms with Gasteiger partial charge in [-0.05, 0) is 0 Å². The Morgan fingerprint density at radius 3 is 2.10 bits per heavy atom. The number of halogens is 2. The van der Waals surface area contributed by atoms with E-state index >= 15 is 0 Å². The van der Waals surface area contributed by atoms with Gasteiger partial charge in [0.25, 0.3) is 5.92 Å². The predicted octanol–water partition coefficient (Wildman–Crippen LogP) is 0.201. The fourth-order valence-electron chi connectivity index (χ4n) is 0.387. The van der Waals surface area contributed by atoms with Gasteiger partial charge < -0.3 is 5.11 Å². The molecule has 10 heavy (non-hydrogen) atoms. The summed E-state index contributed by atoms with van der Waals surface area (Å²) in [5.74, 6) is -4.98. The molecule has 0 aliphatic rings. The van der Waals surface area contributed by atoms with Crippen LogP contribution in [0.4, 0.5) is 8.78 Å². The molecule has 0 aromatic carbocycles. The average Bonchev–Trinajstić information content (AvgIpc) is 1.60. The van der Waals surface area contributed by atoms with E-state index in [1.165, 1.54) is 0 Å². The van der Waals surface area contributed by atoms with Gasteiger partial charge in [0.1, 0.15) is 5.75 Å². The number of hydrogen-bond acceptors (Lipinski definition) is 3. The van der Waals surface area contributed by atoms with Crippen LogP contribution in [0, 0.1) is 6.61 Å². The summed E-state index contributed by atoms with van der Waals surface area (Å²) in [7, 11) is -3.74. The number of aliphatic hydroxyl groups excluding tert-OH is 1. The van der Waals surface area contributed by atoms with Gasteiger partial charge in [0.2, 0.25) is 0 Å². The Labute approximate surface area is 57.6 Å². The van der Waals surface area contributed by atoms with Crippen LogP contribution in [-0.2, 0) is 9.84 Å². The van der Waals surface area contributed by atoms with Crippen LogP contribution in [-0.4, -0.2) is 31.5 Å². The Morgan fingerprint density at radius 1 is 1.60 bits per heavy atom. The van der Waals surface area contributed by atoms with Crippen molar-refractivity contribution in [3.8, 4) is 0 Å². The van der Waals surface area contributed by atoms with Gasteiger partial charge >= 0.3 is 0 Å². The molecule has 0 fully saturated rings. The van der Waals surface area contributed by atoms with Crippen LogP contribution in [0.1, 0.15) is 0 Å². The van der Waals surface area contributed by atoms with Crippen molar-refractivity contribution in [2.45, 2.75) is 5.92 Å². The van der Waals surface area contributed by atoms with Crippen LogP contribution < -0.4 is 0 Å². The number of alkyl halides is 2. The van der Waals surface area contributed by atoms with E-state index in [4.69, 9.17) is 5.11 Å². The maximum atomic E-state index is 12.0. The molecule has 0 rings (SSSR count). The molecule has 3 nitrogen and oxygen atoms in total. The fraction of sp³-hybridized carbons (Fsp3) is 0.750. The Bertz CT molecular complexity index is 197. The number of aliphatic hydroxyl groups is 1. The monoisotopic (exact) mass is 173 g/mol. The second-order valence-corrected chi connectivity index (χ2v) is 4.10. The molecule has 0 aliphatic heterocycles. The van der Waals surface area contributed by atoms with E-state index in [0.29, 0.717) is 6.26 Å². The van der Waals surface area contributed by atoms with Gasteiger partial charge in [-0.1, -0.05) is 0 Å². The predicted molar refractivity (Wildman–Crippen MR) is 30.9 cm³/mol. The van der Waals surface area contributed by atoms with Crippen molar-refractivity contribution in [1.29, 1.82) is 0 Å². The summed E-state index contributed by atoms with van der Waals surface area (Å²) in [5.41, 5.74) is 0. The zero-order valence-corrected chi connectivity index (χ0v) is 6.03. The van der Waals surface area contributed by atoms with E-state index < -0.39 is 28.1 Å². The molecule has 1 radical (unpaired) electrons. The summed E-state index contributed by atoms with van der Waals surface area (Å²) in [4.78, 5) is 0. The molecular weight excluding hydrogens is 166 g/mol. The Kier molecular flexibility index (Phi) is 2.73. The largest absolute Gasteiger partial charge is 0.384 e. The smallest absolute Gasteiger partial charge is 0.289 e. The lowest BCUT2D eigenvalue weighted by molar-refractivity contribution is 0.0144. The topological polar surface area (TPSA) is 54.4 Å². The van der Waals surface area contributed by atoms with Crippen LogP contribution >= 0.6 is 0 Å². The molecule has 0 aliphatic carbocycles. The lowest BCUT2D eigenvalue weighted by atomic mass is 10.4. The second-order valence-electron chi connectivity index (χ2n) is 1.96. The summed E-state index contributed by atoms with van der Waals surface area (Å²) in [5, 5.41) is 7.82. The number of rotatable bonds is 3. The molecule has 0 atom stereocenters. The molecule has 0 amide bonds. The maximum Gasteiger partial charge on any atom is 0.289 e. The van der Waals surface area contributed by atoms with Gasteiger partial charge in [0.15, 0.2) is 16.4 Å². The molecule has 0 aromatic heterocycles. The highest BCUT2D eigenvalue weighted by atomic mass is 32.2. The zero-order valence-electron chi connectivity index (χ0n) is 5.21. The van der Waals surface area contributed by atoms with E-state index in [1.54, 1.807) is 0 Å². The van der Waals surface area contributed by atoms with Crippen molar-refractivity contribution in [1.82, 2.24) is 0 Å². The zero-order chi connectivity index (χ0) is 8.41. The minimum Gasteiger partial charge on any atom is -0.384 e. The third-order valence-corrected chi connectivity index (χ3v) is 1.55. The van der Waals surface area contributed by atoms with Gasteiger partial charge in [-0.3, -0.25) is 0 Å². The third-order valence-electron chi connectivity index (χ3n) is 0.644. The van der Waals surface area contributed by atoms with Gasteiger partial charge in [-0.25, -0.2) is 17.2 Å². The molecule has 6 heteroatoms. The second kappa shape index (κ2) is 2.79. The lowest BCUT2D eigenvalue weighted by Crippen LogP contribution is -2.27. The third kappa shape index (κ3) is 4.63. The van der Waals surface area contributed by atoms with E-state index in [0.717, 1.165) is 0 Å².